The maximum atomic E-state index is 12.7. The molecule has 0 saturated carbocycles. The number of hydrogen-bond acceptors (Lipinski definition) is 4. The highest BCUT2D eigenvalue weighted by Gasteiger charge is 2.35. The van der Waals surface area contributed by atoms with Crippen molar-refractivity contribution in [3.05, 3.63) is 48.0 Å². The lowest BCUT2D eigenvalue weighted by molar-refractivity contribution is -0.122. The zero-order chi connectivity index (χ0) is 21.0. The van der Waals surface area contributed by atoms with Crippen molar-refractivity contribution in [1.82, 2.24) is 0 Å². The van der Waals surface area contributed by atoms with Crippen molar-refractivity contribution in [2.45, 2.75) is 27.2 Å². The van der Waals surface area contributed by atoms with E-state index in [0.29, 0.717) is 18.0 Å². The first-order valence-electron chi connectivity index (χ1n) is 10.1. The van der Waals surface area contributed by atoms with Crippen molar-refractivity contribution in [2.24, 2.45) is 5.92 Å². The van der Waals surface area contributed by atoms with Gasteiger partial charge in [-0.05, 0) is 56.7 Å². The smallest absolute Gasteiger partial charge is 0.229 e. The van der Waals surface area contributed by atoms with Gasteiger partial charge in [-0.3, -0.25) is 9.59 Å². The number of benzene rings is 2. The Bertz CT molecular complexity index is 893. The maximum absolute atomic E-state index is 12.7. The van der Waals surface area contributed by atoms with E-state index in [-0.39, 0.29) is 24.2 Å². The van der Waals surface area contributed by atoms with Crippen molar-refractivity contribution in [3.63, 3.8) is 0 Å². The highest BCUT2D eigenvalue weighted by Crippen LogP contribution is 2.31. The molecule has 2 aromatic carbocycles. The highest BCUT2D eigenvalue weighted by atomic mass is 16.5. The van der Waals surface area contributed by atoms with Gasteiger partial charge in [-0.1, -0.05) is 6.07 Å². The van der Waals surface area contributed by atoms with Crippen LogP contribution in [0.1, 0.15) is 25.8 Å². The third-order valence-corrected chi connectivity index (χ3v) is 5.43. The summed E-state index contributed by atoms with van der Waals surface area (Å²) in [5.74, 6) is 0.132. The maximum Gasteiger partial charge on any atom is 0.229 e. The van der Waals surface area contributed by atoms with Crippen LogP contribution in [0.25, 0.3) is 0 Å². The van der Waals surface area contributed by atoms with Gasteiger partial charge < -0.3 is 19.9 Å². The molecule has 3 rings (SSSR count). The van der Waals surface area contributed by atoms with Gasteiger partial charge in [0, 0.05) is 49.2 Å². The summed E-state index contributed by atoms with van der Waals surface area (Å²) < 4.78 is 5.19. The molecule has 1 aliphatic rings. The molecule has 1 fully saturated rings. The van der Waals surface area contributed by atoms with Crippen molar-refractivity contribution < 1.29 is 14.3 Å². The van der Waals surface area contributed by atoms with Crippen LogP contribution in [0, 0.1) is 12.8 Å². The molecule has 1 unspecified atom stereocenters. The predicted molar refractivity (Wildman–Crippen MR) is 117 cm³/mol. The molecule has 1 atom stereocenters. The van der Waals surface area contributed by atoms with E-state index in [2.05, 4.69) is 30.1 Å². The molecule has 1 N–H and O–H groups in total. The average Bonchev–Trinajstić information content (AvgIpc) is 3.11. The van der Waals surface area contributed by atoms with Gasteiger partial charge in [-0.2, -0.15) is 0 Å². The number of ether oxygens (including phenoxy) is 1. The first-order chi connectivity index (χ1) is 14.0. The summed E-state index contributed by atoms with van der Waals surface area (Å²) >= 11 is 0. The Morgan fingerprint density at radius 2 is 1.97 bits per heavy atom. The van der Waals surface area contributed by atoms with Gasteiger partial charge in [0.2, 0.25) is 11.8 Å². The van der Waals surface area contributed by atoms with Crippen LogP contribution in [0.2, 0.25) is 0 Å². The first kappa shape index (κ1) is 20.7. The predicted octanol–water partition coefficient (Wildman–Crippen LogP) is 3.84. The normalized spacial score (nSPS) is 16.1. The summed E-state index contributed by atoms with van der Waals surface area (Å²) in [6, 6.07) is 13.4. The Morgan fingerprint density at radius 3 is 2.62 bits per heavy atom. The van der Waals surface area contributed by atoms with Crippen molar-refractivity contribution in [1.29, 1.82) is 0 Å². The molecule has 29 heavy (non-hydrogen) atoms. The molecule has 154 valence electrons. The minimum absolute atomic E-state index is 0.0190. The molecular formula is C23H29N3O3. The van der Waals surface area contributed by atoms with Gasteiger partial charge >= 0.3 is 0 Å². The van der Waals surface area contributed by atoms with E-state index in [4.69, 9.17) is 4.74 Å². The molecule has 0 spiro atoms. The fraction of sp³-hybridized carbons (Fsp3) is 0.391. The zero-order valence-electron chi connectivity index (χ0n) is 17.6. The monoisotopic (exact) mass is 395 g/mol. The number of methoxy groups -OCH3 is 1. The van der Waals surface area contributed by atoms with Gasteiger partial charge in [0.25, 0.3) is 0 Å². The van der Waals surface area contributed by atoms with E-state index in [9.17, 15) is 9.59 Å². The molecule has 6 nitrogen and oxygen atoms in total. The van der Waals surface area contributed by atoms with Gasteiger partial charge in [-0.15, -0.1) is 0 Å². The number of nitrogens with one attached hydrogen (secondary N) is 1. The number of amides is 2. The molecule has 2 aromatic rings. The molecule has 2 amide bonds. The molecule has 6 heteroatoms. The quantitative estimate of drug-likeness (QED) is 0.774. The zero-order valence-corrected chi connectivity index (χ0v) is 17.6. The number of aryl methyl sites for hydroxylation is 1. The van der Waals surface area contributed by atoms with Crippen LogP contribution in [0.5, 0.6) is 5.75 Å². The van der Waals surface area contributed by atoms with E-state index in [1.54, 1.807) is 18.1 Å². The summed E-state index contributed by atoms with van der Waals surface area (Å²) in [7, 11) is 1.59. The van der Waals surface area contributed by atoms with Gasteiger partial charge in [-0.25, -0.2) is 0 Å². The van der Waals surface area contributed by atoms with Crippen LogP contribution < -0.4 is 19.9 Å². The lowest BCUT2D eigenvalue weighted by atomic mass is 10.1. The Morgan fingerprint density at radius 1 is 1.21 bits per heavy atom. The van der Waals surface area contributed by atoms with Crippen LogP contribution in [0.3, 0.4) is 0 Å². The van der Waals surface area contributed by atoms with E-state index in [1.165, 1.54) is 0 Å². The Kier molecular flexibility index (Phi) is 6.42. The van der Waals surface area contributed by atoms with E-state index >= 15 is 0 Å². The van der Waals surface area contributed by atoms with Crippen molar-refractivity contribution in [2.75, 3.05) is 41.9 Å². The summed E-state index contributed by atoms with van der Waals surface area (Å²) in [5, 5.41) is 2.90. The third kappa shape index (κ3) is 4.53. The number of carbonyl (C=O) groups is 2. The average molecular weight is 396 g/mol. The highest BCUT2D eigenvalue weighted by molar-refractivity contribution is 6.04. The standard InChI is InChI=1S/C23H29N3O3/c1-5-25(6-2)19-10-11-21(16(3)12-19)26-15-17(13-22(26)27)23(28)24-18-8-7-9-20(14-18)29-4/h7-12,14,17H,5-6,13,15H2,1-4H3,(H,24,28). The lowest BCUT2D eigenvalue weighted by Gasteiger charge is -2.24. The van der Waals surface area contributed by atoms with Crippen molar-refractivity contribution >= 4 is 28.9 Å². The molecule has 0 aliphatic carbocycles. The van der Waals surface area contributed by atoms with Crippen molar-refractivity contribution in [3.8, 4) is 5.75 Å². The van der Waals surface area contributed by atoms with Gasteiger partial charge in [0.1, 0.15) is 5.75 Å². The Hall–Kier alpha value is -3.02. The SMILES string of the molecule is CCN(CC)c1ccc(N2CC(C(=O)Nc3cccc(OC)c3)CC2=O)c(C)c1. The summed E-state index contributed by atoms with van der Waals surface area (Å²) in [5.41, 5.74) is 3.73. The Balaban J connectivity index is 1.72. The second kappa shape index (κ2) is 8.99. The Labute approximate surface area is 172 Å². The molecular weight excluding hydrogens is 366 g/mol. The number of hydrogen-bond donors (Lipinski definition) is 1. The molecule has 1 saturated heterocycles. The van der Waals surface area contributed by atoms with Crippen LogP contribution >= 0.6 is 0 Å². The second-order valence-electron chi connectivity index (χ2n) is 7.27. The summed E-state index contributed by atoms with van der Waals surface area (Å²) in [6.07, 6.45) is 0.215. The lowest BCUT2D eigenvalue weighted by Crippen LogP contribution is -2.29. The largest absolute Gasteiger partial charge is 0.497 e. The van der Waals surface area contributed by atoms with Crippen LogP contribution in [0.4, 0.5) is 17.1 Å². The van der Waals surface area contributed by atoms with Crippen LogP contribution in [0.15, 0.2) is 42.5 Å². The molecule has 0 aromatic heterocycles. The molecule has 0 radical (unpaired) electrons. The fourth-order valence-corrected chi connectivity index (χ4v) is 3.79. The second-order valence-corrected chi connectivity index (χ2v) is 7.27. The summed E-state index contributed by atoms with van der Waals surface area (Å²) in [4.78, 5) is 29.4. The van der Waals surface area contributed by atoms with Crippen LogP contribution in [-0.4, -0.2) is 38.6 Å². The number of nitrogens with zero attached hydrogens (tertiary/aromatic N) is 2. The minimum Gasteiger partial charge on any atom is -0.497 e. The molecule has 0 bridgehead atoms. The topological polar surface area (TPSA) is 61.9 Å². The van der Waals surface area contributed by atoms with Gasteiger partial charge in [0.15, 0.2) is 0 Å². The summed E-state index contributed by atoms with van der Waals surface area (Å²) in [6.45, 7) is 8.53. The van der Waals surface area contributed by atoms with Gasteiger partial charge in [0.05, 0.1) is 13.0 Å². The molecule has 1 heterocycles. The minimum atomic E-state index is -0.379. The fourth-order valence-electron chi connectivity index (χ4n) is 3.79. The number of rotatable bonds is 7. The first-order valence-corrected chi connectivity index (χ1v) is 10.1. The number of carbonyl (C=O) groups excluding carboxylic acids is 2. The molecule has 1 aliphatic heterocycles. The van der Waals surface area contributed by atoms with E-state index in [1.807, 2.05) is 37.3 Å². The van der Waals surface area contributed by atoms with E-state index < -0.39 is 0 Å². The van der Waals surface area contributed by atoms with Crippen LogP contribution in [-0.2, 0) is 9.59 Å². The third-order valence-electron chi connectivity index (χ3n) is 5.43. The van der Waals surface area contributed by atoms with E-state index in [0.717, 1.165) is 30.0 Å². The number of anilines is 3.